The van der Waals surface area contributed by atoms with Crippen LogP contribution in [0.25, 0.3) is 22.2 Å². The second-order valence-electron chi connectivity index (χ2n) is 9.77. The number of fused-ring (bicyclic) bond motifs is 1. The molecule has 1 aliphatic heterocycles. The number of nitrogens with zero attached hydrogens (tertiary/aromatic N) is 1. The predicted octanol–water partition coefficient (Wildman–Crippen LogP) is 5.27. The van der Waals surface area contributed by atoms with Gasteiger partial charge in [0.1, 0.15) is 23.9 Å². The summed E-state index contributed by atoms with van der Waals surface area (Å²) < 4.78 is 11.9. The maximum atomic E-state index is 13.5. The van der Waals surface area contributed by atoms with E-state index in [0.717, 1.165) is 70.7 Å². The molecule has 0 bridgehead atoms. The molecular weight excluding hydrogens is 438 g/mol. The van der Waals surface area contributed by atoms with Crippen molar-refractivity contribution in [3.8, 4) is 17.1 Å². The van der Waals surface area contributed by atoms with Gasteiger partial charge in [0.25, 0.3) is 5.91 Å². The number of aryl methyl sites for hydroxylation is 2. The molecule has 0 unspecified atom stereocenters. The van der Waals surface area contributed by atoms with Crippen molar-refractivity contribution >= 4 is 16.8 Å². The molecule has 2 aliphatic rings. The van der Waals surface area contributed by atoms with Crippen LogP contribution in [0.5, 0.6) is 5.75 Å². The SMILES string of the molecule is Cc1ccc(-c2cc(C3(NC(=O)c4cc(OC[C@@H]5CCN5)ccc4C)CC3)c3cccnc3c2)o1. The third kappa shape index (κ3) is 4.19. The quantitative estimate of drug-likeness (QED) is 0.387. The molecule has 6 heteroatoms. The van der Waals surface area contributed by atoms with E-state index in [-0.39, 0.29) is 5.91 Å². The number of nitrogens with one attached hydrogen (secondary N) is 2. The lowest BCUT2D eigenvalue weighted by molar-refractivity contribution is 0.0930. The number of carbonyl (C=O) groups is 1. The van der Waals surface area contributed by atoms with E-state index < -0.39 is 5.54 Å². The number of carbonyl (C=O) groups excluding carboxylic acids is 1. The Balaban J connectivity index is 1.31. The molecule has 1 saturated heterocycles. The molecule has 4 aromatic rings. The largest absolute Gasteiger partial charge is 0.492 e. The molecule has 2 N–H and O–H groups in total. The Kier molecular flexibility index (Phi) is 5.33. The topological polar surface area (TPSA) is 76.4 Å². The van der Waals surface area contributed by atoms with Crippen LogP contribution in [0.1, 0.15) is 46.5 Å². The summed E-state index contributed by atoms with van der Waals surface area (Å²) >= 11 is 0. The molecule has 0 spiro atoms. The fraction of sp³-hybridized carbons (Fsp3) is 0.310. The summed E-state index contributed by atoms with van der Waals surface area (Å²) in [4.78, 5) is 18.1. The second kappa shape index (κ2) is 8.54. The molecule has 3 heterocycles. The first-order chi connectivity index (χ1) is 17.0. The maximum Gasteiger partial charge on any atom is 0.252 e. The number of benzene rings is 2. The van der Waals surface area contributed by atoms with E-state index in [2.05, 4.69) is 33.8 Å². The minimum Gasteiger partial charge on any atom is -0.492 e. The van der Waals surface area contributed by atoms with E-state index in [9.17, 15) is 4.79 Å². The van der Waals surface area contributed by atoms with Crippen LogP contribution in [0.15, 0.2) is 65.2 Å². The highest BCUT2D eigenvalue weighted by Gasteiger charge is 2.47. The summed E-state index contributed by atoms with van der Waals surface area (Å²) in [5.74, 6) is 2.32. The summed E-state index contributed by atoms with van der Waals surface area (Å²) in [6.45, 7) is 5.56. The lowest BCUT2D eigenvalue weighted by atomic mass is 9.95. The fourth-order valence-corrected chi connectivity index (χ4v) is 4.80. The van der Waals surface area contributed by atoms with Gasteiger partial charge >= 0.3 is 0 Å². The minimum atomic E-state index is -0.421. The van der Waals surface area contributed by atoms with Crippen LogP contribution in [0.4, 0.5) is 0 Å². The highest BCUT2D eigenvalue weighted by molar-refractivity contribution is 5.98. The van der Waals surface area contributed by atoms with Crippen molar-refractivity contribution in [3.05, 3.63) is 83.2 Å². The van der Waals surface area contributed by atoms with Crippen LogP contribution in [-0.4, -0.2) is 30.1 Å². The van der Waals surface area contributed by atoms with Gasteiger partial charge in [0, 0.05) is 28.8 Å². The second-order valence-corrected chi connectivity index (χ2v) is 9.77. The Labute approximate surface area is 204 Å². The molecule has 1 amide bonds. The van der Waals surface area contributed by atoms with E-state index in [1.165, 1.54) is 0 Å². The summed E-state index contributed by atoms with van der Waals surface area (Å²) in [6.07, 6.45) is 4.69. The van der Waals surface area contributed by atoms with E-state index in [1.54, 1.807) is 6.20 Å². The van der Waals surface area contributed by atoms with Crippen molar-refractivity contribution in [2.75, 3.05) is 13.2 Å². The third-order valence-corrected chi connectivity index (χ3v) is 7.19. The lowest BCUT2D eigenvalue weighted by Gasteiger charge is -2.27. The zero-order valence-electron chi connectivity index (χ0n) is 20.1. The number of ether oxygens (including phenoxy) is 1. The van der Waals surface area contributed by atoms with Gasteiger partial charge in [-0.1, -0.05) is 12.1 Å². The van der Waals surface area contributed by atoms with Gasteiger partial charge < -0.3 is 19.8 Å². The van der Waals surface area contributed by atoms with Crippen LogP contribution >= 0.6 is 0 Å². The van der Waals surface area contributed by atoms with Crippen molar-refractivity contribution in [1.82, 2.24) is 15.6 Å². The molecule has 6 nitrogen and oxygen atoms in total. The number of pyridine rings is 1. The maximum absolute atomic E-state index is 13.5. The highest BCUT2D eigenvalue weighted by Crippen LogP contribution is 2.49. The van der Waals surface area contributed by atoms with Crippen molar-refractivity contribution in [3.63, 3.8) is 0 Å². The number of aromatic nitrogens is 1. The van der Waals surface area contributed by atoms with Crippen LogP contribution in [0.2, 0.25) is 0 Å². The van der Waals surface area contributed by atoms with Gasteiger partial charge in [-0.25, -0.2) is 0 Å². The molecule has 6 rings (SSSR count). The monoisotopic (exact) mass is 467 g/mol. The number of furan rings is 1. The molecule has 2 fully saturated rings. The van der Waals surface area contributed by atoms with Gasteiger partial charge in [0.15, 0.2) is 0 Å². The van der Waals surface area contributed by atoms with E-state index >= 15 is 0 Å². The number of amides is 1. The first kappa shape index (κ1) is 21.9. The van der Waals surface area contributed by atoms with Gasteiger partial charge in [-0.3, -0.25) is 9.78 Å². The molecule has 1 aliphatic carbocycles. The lowest BCUT2D eigenvalue weighted by Crippen LogP contribution is -2.46. The summed E-state index contributed by atoms with van der Waals surface area (Å²) in [5, 5.41) is 7.76. The zero-order valence-corrected chi connectivity index (χ0v) is 20.1. The molecule has 1 atom stereocenters. The highest BCUT2D eigenvalue weighted by atomic mass is 16.5. The smallest absolute Gasteiger partial charge is 0.252 e. The normalized spacial score (nSPS) is 18.2. The average Bonchev–Trinajstić information content (AvgIpc) is 3.48. The van der Waals surface area contributed by atoms with Crippen LogP contribution in [-0.2, 0) is 5.54 Å². The van der Waals surface area contributed by atoms with Crippen LogP contribution < -0.4 is 15.4 Å². The van der Waals surface area contributed by atoms with E-state index in [0.29, 0.717) is 18.2 Å². The Morgan fingerprint density at radius 2 is 2.03 bits per heavy atom. The molecule has 2 aromatic carbocycles. The standard InChI is InChI=1S/C29H29N3O3/c1-18-5-7-22(34-17-21-9-13-30-21)16-24(18)28(33)32-29(10-11-29)25-14-20(27-8-6-19(2)35-27)15-26-23(25)4-3-12-31-26/h3-8,12,14-16,21,30H,9-11,13,17H2,1-2H3,(H,32,33)/t21-/m0/s1. The first-order valence-electron chi connectivity index (χ1n) is 12.3. The summed E-state index contributed by atoms with van der Waals surface area (Å²) in [6, 6.07) is 18.3. The van der Waals surface area contributed by atoms with Crippen molar-refractivity contribution in [2.45, 2.75) is 44.7 Å². The predicted molar refractivity (Wildman–Crippen MR) is 136 cm³/mol. The van der Waals surface area contributed by atoms with Crippen molar-refractivity contribution < 1.29 is 13.9 Å². The molecule has 2 aromatic heterocycles. The van der Waals surface area contributed by atoms with Gasteiger partial charge in [0.2, 0.25) is 0 Å². The average molecular weight is 468 g/mol. The third-order valence-electron chi connectivity index (χ3n) is 7.19. The Bertz CT molecular complexity index is 1420. The molecule has 178 valence electrons. The molecule has 1 saturated carbocycles. The molecule has 0 radical (unpaired) electrons. The Hall–Kier alpha value is -3.64. The summed E-state index contributed by atoms with van der Waals surface area (Å²) in [5.41, 5.74) is 4.10. The molecule has 35 heavy (non-hydrogen) atoms. The van der Waals surface area contributed by atoms with Gasteiger partial charge in [-0.15, -0.1) is 0 Å². The molecular formula is C29H29N3O3. The van der Waals surface area contributed by atoms with Gasteiger partial charge in [-0.05, 0) is 93.2 Å². The van der Waals surface area contributed by atoms with Gasteiger partial charge in [0.05, 0.1) is 11.1 Å². The minimum absolute atomic E-state index is 0.0801. The number of hydrogen-bond acceptors (Lipinski definition) is 5. The van der Waals surface area contributed by atoms with Crippen molar-refractivity contribution in [2.24, 2.45) is 0 Å². The van der Waals surface area contributed by atoms with Crippen LogP contribution in [0.3, 0.4) is 0 Å². The zero-order chi connectivity index (χ0) is 24.0. The summed E-state index contributed by atoms with van der Waals surface area (Å²) in [7, 11) is 0. The fourth-order valence-electron chi connectivity index (χ4n) is 4.80. The number of hydrogen-bond donors (Lipinski definition) is 2. The Morgan fingerprint density at radius 1 is 1.17 bits per heavy atom. The Morgan fingerprint density at radius 3 is 2.74 bits per heavy atom. The van der Waals surface area contributed by atoms with Gasteiger partial charge in [-0.2, -0.15) is 0 Å². The first-order valence-corrected chi connectivity index (χ1v) is 12.3. The number of rotatable bonds is 7. The van der Waals surface area contributed by atoms with E-state index in [1.807, 2.05) is 50.2 Å². The van der Waals surface area contributed by atoms with Crippen LogP contribution in [0, 0.1) is 13.8 Å². The van der Waals surface area contributed by atoms with Crippen molar-refractivity contribution in [1.29, 1.82) is 0 Å². The van der Waals surface area contributed by atoms with E-state index in [4.69, 9.17) is 9.15 Å².